The van der Waals surface area contributed by atoms with Crippen molar-refractivity contribution < 1.29 is 14.6 Å². The van der Waals surface area contributed by atoms with Gasteiger partial charge in [0, 0.05) is 5.69 Å². The Balaban J connectivity index is 2.90. The van der Waals surface area contributed by atoms with Gasteiger partial charge in [-0.2, -0.15) is 0 Å². The lowest BCUT2D eigenvalue weighted by Crippen LogP contribution is -2.34. The van der Waals surface area contributed by atoms with Gasteiger partial charge in [0.25, 0.3) is 0 Å². The smallest absolute Gasteiger partial charge is 0.326 e. The molecule has 0 heterocycles. The lowest BCUT2D eigenvalue weighted by atomic mass is 10.0. The molecule has 4 heteroatoms. The molecule has 0 aliphatic heterocycles. The van der Waals surface area contributed by atoms with Gasteiger partial charge < -0.3 is 15.2 Å². The first-order valence-corrected chi connectivity index (χ1v) is 6.89. The maximum absolute atomic E-state index is 11.2. The largest absolute Gasteiger partial charge is 0.488 e. The van der Waals surface area contributed by atoms with E-state index in [1.54, 1.807) is 0 Å². The summed E-state index contributed by atoms with van der Waals surface area (Å²) < 4.78 is 5.79. The third-order valence-corrected chi connectivity index (χ3v) is 2.87. The van der Waals surface area contributed by atoms with Crippen molar-refractivity contribution in [1.82, 2.24) is 0 Å². The number of ether oxygens (including phenoxy) is 1. The molecule has 1 unspecified atom stereocenters. The SMILES string of the molecule is Cc1cc(OC(C)(C)C)ccc1NC(C(=O)O)C(C)C. The zero-order valence-corrected chi connectivity index (χ0v) is 13.2. The zero-order valence-electron chi connectivity index (χ0n) is 13.2. The van der Waals surface area contributed by atoms with Crippen LogP contribution in [0.3, 0.4) is 0 Å². The highest BCUT2D eigenvalue weighted by Crippen LogP contribution is 2.25. The predicted molar refractivity (Wildman–Crippen MR) is 81.4 cm³/mol. The third-order valence-electron chi connectivity index (χ3n) is 2.87. The van der Waals surface area contributed by atoms with Crippen LogP contribution in [0.2, 0.25) is 0 Å². The normalized spacial score (nSPS) is 13.2. The molecule has 0 aliphatic rings. The minimum absolute atomic E-state index is 0.0115. The van der Waals surface area contributed by atoms with Gasteiger partial charge in [-0.1, -0.05) is 13.8 Å². The fourth-order valence-electron chi connectivity index (χ4n) is 1.90. The van der Waals surface area contributed by atoms with Gasteiger partial charge in [0.15, 0.2) is 0 Å². The molecule has 112 valence electrons. The number of nitrogens with one attached hydrogen (secondary N) is 1. The molecule has 0 saturated carbocycles. The Morgan fingerprint density at radius 1 is 1.30 bits per heavy atom. The van der Waals surface area contributed by atoms with Crippen LogP contribution in [-0.4, -0.2) is 22.7 Å². The summed E-state index contributed by atoms with van der Waals surface area (Å²) in [6, 6.07) is 5.06. The average Bonchev–Trinajstić information content (AvgIpc) is 2.24. The molecule has 0 saturated heterocycles. The molecular weight excluding hydrogens is 254 g/mol. The minimum Gasteiger partial charge on any atom is -0.488 e. The second-order valence-electron chi connectivity index (χ2n) is 6.40. The van der Waals surface area contributed by atoms with E-state index >= 15 is 0 Å². The monoisotopic (exact) mass is 279 g/mol. The fraction of sp³-hybridized carbons (Fsp3) is 0.562. The standard InChI is InChI=1S/C16H25NO3/c1-10(2)14(15(18)19)17-13-8-7-12(9-11(13)3)20-16(4,5)6/h7-10,14,17H,1-6H3,(H,18,19). The molecule has 1 aromatic carbocycles. The van der Waals surface area contributed by atoms with E-state index in [4.69, 9.17) is 4.74 Å². The average molecular weight is 279 g/mol. The van der Waals surface area contributed by atoms with Crippen molar-refractivity contribution in [3.63, 3.8) is 0 Å². The Morgan fingerprint density at radius 3 is 2.30 bits per heavy atom. The summed E-state index contributed by atoms with van der Waals surface area (Å²) in [6.07, 6.45) is 0. The van der Waals surface area contributed by atoms with Crippen molar-refractivity contribution in [2.75, 3.05) is 5.32 Å². The van der Waals surface area contributed by atoms with Gasteiger partial charge in [-0.15, -0.1) is 0 Å². The summed E-state index contributed by atoms with van der Waals surface area (Å²) in [7, 11) is 0. The highest BCUT2D eigenvalue weighted by atomic mass is 16.5. The van der Waals surface area contributed by atoms with Crippen molar-refractivity contribution in [3.8, 4) is 5.75 Å². The molecule has 1 atom stereocenters. The van der Waals surface area contributed by atoms with Gasteiger partial charge >= 0.3 is 5.97 Å². The lowest BCUT2D eigenvalue weighted by molar-refractivity contribution is -0.138. The lowest BCUT2D eigenvalue weighted by Gasteiger charge is -2.23. The molecule has 4 nitrogen and oxygen atoms in total. The van der Waals surface area contributed by atoms with Gasteiger partial charge in [-0.25, -0.2) is 4.79 Å². The molecular formula is C16H25NO3. The molecule has 2 N–H and O–H groups in total. The molecule has 0 aliphatic carbocycles. The van der Waals surface area contributed by atoms with E-state index in [0.717, 1.165) is 17.0 Å². The summed E-state index contributed by atoms with van der Waals surface area (Å²) in [5.74, 6) is -0.0382. The second-order valence-corrected chi connectivity index (χ2v) is 6.40. The first kappa shape index (κ1) is 16.3. The molecule has 0 fully saturated rings. The first-order valence-electron chi connectivity index (χ1n) is 6.89. The van der Waals surface area contributed by atoms with Crippen LogP contribution in [0.25, 0.3) is 0 Å². The van der Waals surface area contributed by atoms with E-state index in [2.05, 4.69) is 5.32 Å². The number of benzene rings is 1. The highest BCUT2D eigenvalue weighted by molar-refractivity contribution is 5.78. The van der Waals surface area contributed by atoms with E-state index in [1.165, 1.54) is 0 Å². The van der Waals surface area contributed by atoms with Crippen molar-refractivity contribution in [2.24, 2.45) is 5.92 Å². The van der Waals surface area contributed by atoms with Crippen LogP contribution >= 0.6 is 0 Å². The summed E-state index contributed by atoms with van der Waals surface area (Å²) in [5, 5.41) is 12.3. The minimum atomic E-state index is -0.839. The van der Waals surface area contributed by atoms with Gasteiger partial charge in [-0.05, 0) is 57.4 Å². The highest BCUT2D eigenvalue weighted by Gasteiger charge is 2.22. The molecule has 0 radical (unpaired) electrons. The van der Waals surface area contributed by atoms with Gasteiger partial charge in [0.2, 0.25) is 0 Å². The van der Waals surface area contributed by atoms with Crippen LogP contribution in [0, 0.1) is 12.8 Å². The van der Waals surface area contributed by atoms with E-state index in [1.807, 2.05) is 59.7 Å². The van der Waals surface area contributed by atoms with Crippen LogP contribution in [-0.2, 0) is 4.79 Å². The molecule has 1 aromatic rings. The van der Waals surface area contributed by atoms with E-state index < -0.39 is 12.0 Å². The van der Waals surface area contributed by atoms with Crippen LogP contribution in [0.5, 0.6) is 5.75 Å². The van der Waals surface area contributed by atoms with Crippen molar-refractivity contribution >= 4 is 11.7 Å². The maximum Gasteiger partial charge on any atom is 0.326 e. The molecule has 0 aromatic heterocycles. The van der Waals surface area contributed by atoms with Gasteiger partial charge in [0.05, 0.1) is 0 Å². The second kappa shape index (κ2) is 6.16. The Hall–Kier alpha value is -1.71. The van der Waals surface area contributed by atoms with Gasteiger partial charge in [-0.3, -0.25) is 0 Å². The molecule has 1 rings (SSSR count). The molecule has 20 heavy (non-hydrogen) atoms. The number of anilines is 1. The van der Waals surface area contributed by atoms with Gasteiger partial charge in [0.1, 0.15) is 17.4 Å². The predicted octanol–water partition coefficient (Wildman–Crippen LogP) is 3.69. The number of hydrogen-bond acceptors (Lipinski definition) is 3. The summed E-state index contributed by atoms with van der Waals surface area (Å²) in [5.41, 5.74) is 1.55. The summed E-state index contributed by atoms with van der Waals surface area (Å²) >= 11 is 0. The van der Waals surface area contributed by atoms with Crippen LogP contribution < -0.4 is 10.1 Å². The molecule has 0 spiro atoms. The Bertz CT molecular complexity index is 475. The Morgan fingerprint density at radius 2 is 1.90 bits per heavy atom. The number of hydrogen-bond donors (Lipinski definition) is 2. The maximum atomic E-state index is 11.2. The van der Waals surface area contributed by atoms with Crippen LogP contribution in [0.4, 0.5) is 5.69 Å². The van der Waals surface area contributed by atoms with E-state index in [0.29, 0.717) is 0 Å². The topological polar surface area (TPSA) is 58.6 Å². The summed E-state index contributed by atoms with van der Waals surface area (Å²) in [4.78, 5) is 11.2. The van der Waals surface area contributed by atoms with Crippen LogP contribution in [0.15, 0.2) is 18.2 Å². The number of rotatable bonds is 5. The number of carboxylic acid groups (broad SMARTS) is 1. The van der Waals surface area contributed by atoms with Crippen molar-refractivity contribution in [1.29, 1.82) is 0 Å². The molecule has 0 amide bonds. The molecule has 0 bridgehead atoms. The Labute approximate surface area is 121 Å². The van der Waals surface area contributed by atoms with E-state index in [9.17, 15) is 9.90 Å². The zero-order chi connectivity index (χ0) is 15.5. The summed E-state index contributed by atoms with van der Waals surface area (Å²) in [6.45, 7) is 11.7. The van der Waals surface area contributed by atoms with Crippen molar-refractivity contribution in [2.45, 2.75) is 53.2 Å². The number of aliphatic carboxylic acids is 1. The Kier molecular flexibility index (Phi) is 5.03. The fourth-order valence-corrected chi connectivity index (χ4v) is 1.90. The third kappa shape index (κ3) is 4.76. The quantitative estimate of drug-likeness (QED) is 0.863. The van der Waals surface area contributed by atoms with Crippen molar-refractivity contribution in [3.05, 3.63) is 23.8 Å². The van der Waals surface area contributed by atoms with E-state index in [-0.39, 0.29) is 11.5 Å². The number of carbonyl (C=O) groups is 1. The van der Waals surface area contributed by atoms with Crippen LogP contribution in [0.1, 0.15) is 40.2 Å². The first-order chi connectivity index (χ1) is 9.10. The number of aryl methyl sites for hydroxylation is 1. The number of carboxylic acids is 1.